The molecule has 0 spiro atoms. The summed E-state index contributed by atoms with van der Waals surface area (Å²) in [7, 11) is 0. The van der Waals surface area contributed by atoms with E-state index in [1.807, 2.05) is 27.7 Å². The van der Waals surface area contributed by atoms with E-state index in [1.165, 1.54) is 0 Å². The quantitative estimate of drug-likeness (QED) is 0.516. The molecule has 0 aliphatic carbocycles. The third-order valence-corrected chi connectivity index (χ3v) is 1.99. The fourth-order valence-electron chi connectivity index (χ4n) is 0.577. The van der Waals surface area contributed by atoms with Gasteiger partial charge in [-0.1, -0.05) is 79.1 Å². The van der Waals surface area contributed by atoms with Crippen LogP contribution in [-0.2, 0) is 22.4 Å². The second-order valence-electron chi connectivity index (χ2n) is 4.23. The third kappa shape index (κ3) is 96.5. The van der Waals surface area contributed by atoms with Crippen LogP contribution in [0.5, 0.6) is 0 Å². The molecule has 0 aliphatic rings. The first-order chi connectivity index (χ1) is 9.66. The van der Waals surface area contributed by atoms with Gasteiger partial charge in [0.05, 0.1) is 0 Å². The van der Waals surface area contributed by atoms with Gasteiger partial charge < -0.3 is 20.4 Å². The molecule has 0 amide bonds. The molecule has 5 heteroatoms. The Balaban J connectivity index is -0.0000000533. The molecule has 0 bridgehead atoms. The molecule has 0 saturated carbocycles. The van der Waals surface area contributed by atoms with Crippen LogP contribution in [0.15, 0.2) is 0 Å². The largest absolute Gasteiger partial charge is 4.00 e. The molecule has 0 heterocycles. The zero-order valence-electron chi connectivity index (χ0n) is 14.6. The monoisotopic (exact) mass is 473 g/mol. The van der Waals surface area contributed by atoms with Crippen LogP contribution in [0, 0.1) is 0 Å². The Morgan fingerprint density at radius 2 is 0.571 bits per heavy atom. The van der Waals surface area contributed by atoms with Crippen LogP contribution in [0.25, 0.3) is 0 Å². The minimum Gasteiger partial charge on any atom is -0.854 e. The Bertz CT molecular complexity index is 74.3. The third-order valence-electron chi connectivity index (χ3n) is 1.99. The zero-order valence-corrected chi connectivity index (χ0v) is 17.8. The summed E-state index contributed by atoms with van der Waals surface area (Å²) in [4.78, 5) is 0. The van der Waals surface area contributed by atoms with Gasteiger partial charge in [-0.15, -0.1) is 26.4 Å². The predicted octanol–water partition coefficient (Wildman–Crippen LogP) is 0.585. The Hall–Kier alpha value is 0.580. The maximum absolute atomic E-state index is 9.53. The number of unbranched alkanes of at least 4 members (excludes halogenated alkanes) is 4. The summed E-state index contributed by atoms with van der Waals surface area (Å²) in [6, 6.07) is 0. The van der Waals surface area contributed by atoms with Crippen LogP contribution >= 0.6 is 0 Å². The van der Waals surface area contributed by atoms with Gasteiger partial charge >= 0.3 is 22.4 Å². The first kappa shape index (κ1) is 33.2. The van der Waals surface area contributed by atoms with Gasteiger partial charge in [0.15, 0.2) is 0 Å². The van der Waals surface area contributed by atoms with Crippen molar-refractivity contribution < 1.29 is 42.8 Å². The number of hydrogen-bond acceptors (Lipinski definition) is 4. The summed E-state index contributed by atoms with van der Waals surface area (Å²) in [6.07, 6.45) is 7.46. The van der Waals surface area contributed by atoms with Gasteiger partial charge in [0.1, 0.15) is 0 Å². The topological polar surface area (TPSA) is 92.2 Å². The van der Waals surface area contributed by atoms with E-state index < -0.39 is 0 Å². The van der Waals surface area contributed by atoms with E-state index in [-0.39, 0.29) is 48.8 Å². The van der Waals surface area contributed by atoms with Crippen molar-refractivity contribution in [1.82, 2.24) is 0 Å². The fourth-order valence-corrected chi connectivity index (χ4v) is 0.577. The SMILES string of the molecule is CCCC[O-].CCCC[O-].CCCC[O-].CCCC[O-].[Ta+4]. The maximum atomic E-state index is 9.53. The molecule has 129 valence electrons. The van der Waals surface area contributed by atoms with E-state index in [2.05, 4.69) is 0 Å². The Morgan fingerprint density at radius 3 is 0.571 bits per heavy atom. The van der Waals surface area contributed by atoms with Crippen LogP contribution in [0.3, 0.4) is 0 Å². The van der Waals surface area contributed by atoms with Gasteiger partial charge in [0, 0.05) is 0 Å². The average Bonchev–Trinajstić information content (AvgIpc) is 2.44. The standard InChI is InChI=1S/4C4H9O.Ta/c4*1-2-3-4-5;/h4*2-4H2,1H3;/q4*-1;+4. The van der Waals surface area contributed by atoms with Crippen LogP contribution in [0.2, 0.25) is 0 Å². The Morgan fingerprint density at radius 1 is 0.429 bits per heavy atom. The second-order valence-corrected chi connectivity index (χ2v) is 4.23. The van der Waals surface area contributed by atoms with Gasteiger partial charge in [-0.25, -0.2) is 0 Å². The van der Waals surface area contributed by atoms with E-state index in [1.54, 1.807) is 0 Å². The summed E-state index contributed by atoms with van der Waals surface area (Å²) in [5.74, 6) is 0. The van der Waals surface area contributed by atoms with Crippen LogP contribution in [0.1, 0.15) is 79.1 Å². The molecule has 4 nitrogen and oxygen atoms in total. The molecule has 0 aliphatic heterocycles. The summed E-state index contributed by atoms with van der Waals surface area (Å²) in [6.45, 7) is 8.42. The number of rotatable bonds is 8. The molecule has 21 heavy (non-hydrogen) atoms. The zero-order chi connectivity index (χ0) is 16.5. The molecule has 0 rings (SSSR count). The van der Waals surface area contributed by atoms with Gasteiger partial charge in [-0.3, -0.25) is 0 Å². The smallest absolute Gasteiger partial charge is 0.854 e. The summed E-state index contributed by atoms with van der Waals surface area (Å²) < 4.78 is 0. The van der Waals surface area contributed by atoms with Gasteiger partial charge in [0.25, 0.3) is 0 Å². The minimum absolute atomic E-state index is 0. The van der Waals surface area contributed by atoms with Crippen LogP contribution in [0.4, 0.5) is 0 Å². The van der Waals surface area contributed by atoms with Crippen molar-refractivity contribution in [3.8, 4) is 0 Å². The summed E-state index contributed by atoms with van der Waals surface area (Å²) in [5, 5.41) is 38.1. The van der Waals surface area contributed by atoms with Crippen LogP contribution in [-0.4, -0.2) is 26.4 Å². The molecule has 0 N–H and O–H groups in total. The van der Waals surface area contributed by atoms with Gasteiger partial charge in [0.2, 0.25) is 0 Å². The summed E-state index contributed by atoms with van der Waals surface area (Å²) in [5.41, 5.74) is 0. The molecule has 0 fully saturated rings. The van der Waals surface area contributed by atoms with Crippen molar-refractivity contribution in [1.29, 1.82) is 0 Å². The molecule has 1 radical (unpaired) electrons. The summed E-state index contributed by atoms with van der Waals surface area (Å²) >= 11 is 0. The van der Waals surface area contributed by atoms with Gasteiger partial charge in [-0.2, -0.15) is 0 Å². The Labute approximate surface area is 148 Å². The van der Waals surface area contributed by atoms with E-state index in [0.717, 1.165) is 51.4 Å². The molecular formula is C16H36O4Ta. The van der Waals surface area contributed by atoms with Crippen molar-refractivity contribution in [3.63, 3.8) is 0 Å². The molecular weight excluding hydrogens is 437 g/mol. The average molecular weight is 473 g/mol. The Kier molecular flexibility index (Phi) is 78.9. The van der Waals surface area contributed by atoms with E-state index in [0.29, 0.717) is 0 Å². The fraction of sp³-hybridized carbons (Fsp3) is 1.00. The first-order valence-corrected chi connectivity index (χ1v) is 7.98. The molecule has 0 atom stereocenters. The van der Waals surface area contributed by atoms with Crippen molar-refractivity contribution in [2.75, 3.05) is 26.4 Å². The second kappa shape index (κ2) is 49.9. The first-order valence-electron chi connectivity index (χ1n) is 7.98. The van der Waals surface area contributed by atoms with Gasteiger partial charge in [-0.05, 0) is 0 Å². The van der Waals surface area contributed by atoms with E-state index in [9.17, 15) is 20.4 Å². The molecule has 0 saturated heterocycles. The van der Waals surface area contributed by atoms with E-state index in [4.69, 9.17) is 0 Å². The predicted molar refractivity (Wildman–Crippen MR) is 79.1 cm³/mol. The molecule has 0 aromatic rings. The van der Waals surface area contributed by atoms with Crippen molar-refractivity contribution >= 4 is 0 Å². The minimum atomic E-state index is 0. The van der Waals surface area contributed by atoms with Crippen molar-refractivity contribution in [2.45, 2.75) is 79.1 Å². The maximum Gasteiger partial charge on any atom is 4.00 e. The van der Waals surface area contributed by atoms with E-state index >= 15 is 0 Å². The molecule has 0 unspecified atom stereocenters. The van der Waals surface area contributed by atoms with Crippen LogP contribution < -0.4 is 20.4 Å². The molecule has 0 aromatic heterocycles. The molecule has 0 aromatic carbocycles. The normalized spacial score (nSPS) is 8.00. The van der Waals surface area contributed by atoms with Crippen molar-refractivity contribution in [2.24, 2.45) is 0 Å². The number of hydrogen-bond donors (Lipinski definition) is 0. The van der Waals surface area contributed by atoms with Crippen molar-refractivity contribution in [3.05, 3.63) is 0 Å².